The Labute approximate surface area is 185 Å². The van der Waals surface area contributed by atoms with Crippen LogP contribution < -0.4 is 5.32 Å². The third-order valence-corrected chi connectivity index (χ3v) is 6.00. The molecule has 1 aromatic heterocycles. The van der Waals surface area contributed by atoms with Crippen molar-refractivity contribution in [3.05, 3.63) is 95.1 Å². The number of hydrogen-bond donors (Lipinski definition) is 1. The van der Waals surface area contributed by atoms with Crippen LogP contribution in [0.4, 0.5) is 5.69 Å². The fraction of sp³-hybridized carbons (Fsp3) is 0.160. The number of aryl methyl sites for hydroxylation is 3. The molecule has 1 atom stereocenters. The first-order valence-electron chi connectivity index (χ1n) is 10.00. The molecule has 0 aliphatic heterocycles. The maximum Gasteiger partial charge on any atom is 0.277 e. The van der Waals surface area contributed by atoms with E-state index in [2.05, 4.69) is 15.5 Å². The third kappa shape index (κ3) is 5.03. The van der Waals surface area contributed by atoms with E-state index in [0.29, 0.717) is 11.1 Å². The molecule has 0 spiro atoms. The van der Waals surface area contributed by atoms with E-state index in [1.807, 2.05) is 93.6 Å². The Kier molecular flexibility index (Phi) is 6.18. The number of thioether (sulfide) groups is 1. The number of rotatable bonds is 6. The highest BCUT2D eigenvalue weighted by atomic mass is 32.2. The predicted molar refractivity (Wildman–Crippen MR) is 124 cm³/mol. The van der Waals surface area contributed by atoms with Crippen LogP contribution in [0.15, 0.2) is 82.4 Å². The number of carbonyl (C=O) groups excluding carboxylic acids is 1. The molecule has 0 saturated heterocycles. The molecule has 3 aromatic carbocycles. The van der Waals surface area contributed by atoms with Gasteiger partial charge in [-0.1, -0.05) is 60.2 Å². The minimum absolute atomic E-state index is 0.139. The van der Waals surface area contributed by atoms with Crippen LogP contribution in [-0.2, 0) is 4.79 Å². The summed E-state index contributed by atoms with van der Waals surface area (Å²) in [7, 11) is 0. The number of amides is 1. The van der Waals surface area contributed by atoms with Crippen LogP contribution in [0, 0.1) is 20.8 Å². The fourth-order valence-electron chi connectivity index (χ4n) is 3.14. The summed E-state index contributed by atoms with van der Waals surface area (Å²) in [6.45, 7) is 6.01. The molecule has 0 aliphatic rings. The second-order valence-corrected chi connectivity index (χ2v) is 8.51. The standard InChI is InChI=1S/C25H23N3O2S/c1-16-10-13-20(14-11-16)24-27-28-25(30-24)31-22(19-7-5-4-6-8-19)23(29)26-21-15-17(2)9-12-18(21)3/h4-15,22H,1-3H3,(H,26,29). The van der Waals surface area contributed by atoms with Gasteiger partial charge in [-0.2, -0.15) is 0 Å². The number of anilines is 1. The smallest absolute Gasteiger partial charge is 0.277 e. The van der Waals surface area contributed by atoms with Gasteiger partial charge >= 0.3 is 0 Å². The molecule has 5 nitrogen and oxygen atoms in total. The number of benzene rings is 3. The molecule has 6 heteroatoms. The highest BCUT2D eigenvalue weighted by molar-refractivity contribution is 8.00. The van der Waals surface area contributed by atoms with Crippen LogP contribution in [0.1, 0.15) is 27.5 Å². The molecule has 0 fully saturated rings. The van der Waals surface area contributed by atoms with E-state index in [9.17, 15) is 4.79 Å². The quantitative estimate of drug-likeness (QED) is 0.373. The second-order valence-electron chi connectivity index (χ2n) is 7.46. The van der Waals surface area contributed by atoms with E-state index in [0.717, 1.165) is 33.5 Å². The Bertz CT molecular complexity index is 1190. The number of nitrogens with one attached hydrogen (secondary N) is 1. The lowest BCUT2D eigenvalue weighted by molar-refractivity contribution is -0.115. The molecule has 4 rings (SSSR count). The minimum Gasteiger partial charge on any atom is -0.411 e. The van der Waals surface area contributed by atoms with Crippen LogP contribution in [0.3, 0.4) is 0 Å². The highest BCUT2D eigenvalue weighted by Crippen LogP contribution is 2.37. The number of nitrogens with zero attached hydrogens (tertiary/aromatic N) is 2. The zero-order chi connectivity index (χ0) is 21.8. The average molecular weight is 430 g/mol. The lowest BCUT2D eigenvalue weighted by atomic mass is 10.1. The van der Waals surface area contributed by atoms with Gasteiger partial charge in [0.15, 0.2) is 0 Å². The van der Waals surface area contributed by atoms with E-state index >= 15 is 0 Å². The van der Waals surface area contributed by atoms with Crippen molar-refractivity contribution >= 4 is 23.4 Å². The SMILES string of the molecule is Cc1ccc(-c2nnc(SC(C(=O)Nc3cc(C)ccc3C)c3ccccc3)o2)cc1. The Morgan fingerprint density at radius 2 is 1.61 bits per heavy atom. The van der Waals surface area contributed by atoms with Gasteiger partial charge in [-0.15, -0.1) is 10.2 Å². The first-order valence-corrected chi connectivity index (χ1v) is 10.9. The van der Waals surface area contributed by atoms with Gasteiger partial charge < -0.3 is 9.73 Å². The molecule has 1 heterocycles. The summed E-state index contributed by atoms with van der Waals surface area (Å²) in [5, 5.41) is 11.2. The van der Waals surface area contributed by atoms with Gasteiger partial charge in [-0.05, 0) is 67.4 Å². The Hall–Kier alpha value is -3.38. The molecular formula is C25H23N3O2S. The van der Waals surface area contributed by atoms with E-state index in [4.69, 9.17) is 4.42 Å². The van der Waals surface area contributed by atoms with Crippen molar-refractivity contribution in [3.63, 3.8) is 0 Å². The first kappa shape index (κ1) is 20.9. The highest BCUT2D eigenvalue weighted by Gasteiger charge is 2.25. The van der Waals surface area contributed by atoms with Crippen molar-refractivity contribution in [1.82, 2.24) is 10.2 Å². The first-order chi connectivity index (χ1) is 15.0. The maximum absolute atomic E-state index is 13.3. The van der Waals surface area contributed by atoms with E-state index in [1.165, 1.54) is 11.8 Å². The van der Waals surface area contributed by atoms with Gasteiger partial charge in [-0.3, -0.25) is 4.79 Å². The maximum atomic E-state index is 13.3. The summed E-state index contributed by atoms with van der Waals surface area (Å²) in [6, 6.07) is 23.5. The summed E-state index contributed by atoms with van der Waals surface area (Å²) < 4.78 is 5.87. The van der Waals surface area contributed by atoms with E-state index in [1.54, 1.807) is 0 Å². The molecule has 4 aromatic rings. The predicted octanol–water partition coefficient (Wildman–Crippen LogP) is 6.13. The Balaban J connectivity index is 1.60. The molecule has 31 heavy (non-hydrogen) atoms. The fourth-order valence-corrected chi connectivity index (χ4v) is 4.02. The molecule has 1 N–H and O–H groups in total. The van der Waals surface area contributed by atoms with Gasteiger partial charge in [-0.25, -0.2) is 0 Å². The lowest BCUT2D eigenvalue weighted by Crippen LogP contribution is -2.19. The molecule has 0 aliphatic carbocycles. The van der Waals surface area contributed by atoms with Crippen molar-refractivity contribution in [3.8, 4) is 11.5 Å². The van der Waals surface area contributed by atoms with Crippen molar-refractivity contribution in [2.75, 3.05) is 5.32 Å². The van der Waals surface area contributed by atoms with Crippen LogP contribution in [0.5, 0.6) is 0 Å². The second kappa shape index (κ2) is 9.18. The van der Waals surface area contributed by atoms with Crippen LogP contribution in [-0.4, -0.2) is 16.1 Å². The average Bonchev–Trinajstić information content (AvgIpc) is 3.24. The summed E-state index contributed by atoms with van der Waals surface area (Å²) >= 11 is 1.25. The summed E-state index contributed by atoms with van der Waals surface area (Å²) in [6.07, 6.45) is 0. The number of carbonyl (C=O) groups is 1. The van der Waals surface area contributed by atoms with E-state index in [-0.39, 0.29) is 5.91 Å². The molecule has 0 saturated carbocycles. The molecule has 1 amide bonds. The lowest BCUT2D eigenvalue weighted by Gasteiger charge is -2.16. The topological polar surface area (TPSA) is 68.0 Å². The van der Waals surface area contributed by atoms with Gasteiger partial charge in [0.05, 0.1) is 0 Å². The Morgan fingerprint density at radius 1 is 0.903 bits per heavy atom. The molecule has 0 radical (unpaired) electrons. The largest absolute Gasteiger partial charge is 0.411 e. The summed E-state index contributed by atoms with van der Waals surface area (Å²) in [5.74, 6) is 0.296. The van der Waals surface area contributed by atoms with Crippen LogP contribution in [0.2, 0.25) is 0 Å². The van der Waals surface area contributed by atoms with Gasteiger partial charge in [0, 0.05) is 11.3 Å². The van der Waals surface area contributed by atoms with Gasteiger partial charge in [0.2, 0.25) is 11.8 Å². The van der Waals surface area contributed by atoms with Crippen molar-refractivity contribution in [2.24, 2.45) is 0 Å². The number of aromatic nitrogens is 2. The zero-order valence-corrected chi connectivity index (χ0v) is 18.4. The van der Waals surface area contributed by atoms with Crippen molar-refractivity contribution in [1.29, 1.82) is 0 Å². The Morgan fingerprint density at radius 3 is 2.35 bits per heavy atom. The third-order valence-electron chi connectivity index (χ3n) is 4.92. The molecular weight excluding hydrogens is 406 g/mol. The minimum atomic E-state index is -0.535. The normalized spacial score (nSPS) is 11.8. The summed E-state index contributed by atoms with van der Waals surface area (Å²) in [4.78, 5) is 13.3. The van der Waals surface area contributed by atoms with Crippen LogP contribution >= 0.6 is 11.8 Å². The monoisotopic (exact) mass is 429 g/mol. The van der Waals surface area contributed by atoms with Gasteiger partial charge in [0.25, 0.3) is 5.22 Å². The molecule has 1 unspecified atom stereocenters. The van der Waals surface area contributed by atoms with Crippen LogP contribution in [0.25, 0.3) is 11.5 Å². The zero-order valence-electron chi connectivity index (χ0n) is 17.6. The molecule has 156 valence electrons. The summed E-state index contributed by atoms with van der Waals surface area (Å²) in [5.41, 5.74) is 5.77. The van der Waals surface area contributed by atoms with Crippen molar-refractivity contribution < 1.29 is 9.21 Å². The van der Waals surface area contributed by atoms with Crippen molar-refractivity contribution in [2.45, 2.75) is 31.2 Å². The van der Waals surface area contributed by atoms with E-state index < -0.39 is 5.25 Å². The van der Waals surface area contributed by atoms with Gasteiger partial charge in [0.1, 0.15) is 5.25 Å². The number of hydrogen-bond acceptors (Lipinski definition) is 5. The molecule has 0 bridgehead atoms.